The van der Waals surface area contributed by atoms with Crippen molar-refractivity contribution >= 4 is 34.8 Å². The predicted molar refractivity (Wildman–Crippen MR) is 85.2 cm³/mol. The van der Waals surface area contributed by atoms with Crippen molar-refractivity contribution in [2.45, 2.75) is 6.10 Å². The lowest BCUT2D eigenvalue weighted by molar-refractivity contribution is -0.126. The molecule has 2 aromatic carbocycles. The normalized spacial score (nSPS) is 22.0. The SMILES string of the molecule is O=C1C2ON=C(c3ccccc3Cl)C2C(=O)N1c1ccc(F)cc1F. The van der Waals surface area contributed by atoms with Crippen molar-refractivity contribution < 1.29 is 23.2 Å². The average Bonchev–Trinajstić information content (AvgIpc) is 3.10. The van der Waals surface area contributed by atoms with E-state index in [1.807, 2.05) is 0 Å². The van der Waals surface area contributed by atoms with Crippen LogP contribution in [0.4, 0.5) is 14.5 Å². The summed E-state index contributed by atoms with van der Waals surface area (Å²) in [5, 5.41) is 4.17. The maximum atomic E-state index is 14.0. The summed E-state index contributed by atoms with van der Waals surface area (Å²) < 4.78 is 27.1. The van der Waals surface area contributed by atoms with Gasteiger partial charge in [-0.25, -0.2) is 13.7 Å². The molecular weight excluding hydrogens is 354 g/mol. The van der Waals surface area contributed by atoms with Crippen LogP contribution in [0.25, 0.3) is 0 Å². The minimum Gasteiger partial charge on any atom is -0.381 e. The van der Waals surface area contributed by atoms with Gasteiger partial charge in [-0.2, -0.15) is 0 Å². The maximum Gasteiger partial charge on any atom is 0.279 e. The second-order valence-electron chi connectivity index (χ2n) is 5.57. The van der Waals surface area contributed by atoms with E-state index in [-0.39, 0.29) is 11.4 Å². The Morgan fingerprint density at radius 2 is 1.84 bits per heavy atom. The predicted octanol–water partition coefficient (Wildman–Crippen LogP) is 2.91. The van der Waals surface area contributed by atoms with E-state index in [1.54, 1.807) is 24.3 Å². The number of carbonyl (C=O) groups is 2. The molecule has 2 aromatic rings. The third kappa shape index (κ3) is 2.31. The van der Waals surface area contributed by atoms with Crippen LogP contribution in [0.1, 0.15) is 5.56 Å². The van der Waals surface area contributed by atoms with Crippen LogP contribution in [0.5, 0.6) is 0 Å². The Bertz CT molecular complexity index is 947. The Morgan fingerprint density at radius 1 is 1.08 bits per heavy atom. The molecule has 2 aliphatic rings. The molecule has 25 heavy (non-hydrogen) atoms. The zero-order chi connectivity index (χ0) is 17.7. The van der Waals surface area contributed by atoms with Gasteiger partial charge in [0.25, 0.3) is 5.91 Å². The van der Waals surface area contributed by atoms with Crippen LogP contribution in [0.15, 0.2) is 47.6 Å². The van der Waals surface area contributed by atoms with E-state index in [4.69, 9.17) is 16.4 Å². The molecule has 0 N–H and O–H groups in total. The number of halogens is 3. The number of nitrogens with zero attached hydrogens (tertiary/aromatic N) is 2. The average molecular weight is 363 g/mol. The van der Waals surface area contributed by atoms with Gasteiger partial charge in [0.1, 0.15) is 23.3 Å². The van der Waals surface area contributed by atoms with Crippen LogP contribution >= 0.6 is 11.6 Å². The molecular formula is C17H9ClF2N2O3. The highest BCUT2D eigenvalue weighted by Crippen LogP contribution is 2.37. The standard InChI is InChI=1S/C17H9ClF2N2O3/c18-10-4-2-1-3-9(10)14-13-15(25-21-14)17(24)22(16(13)23)12-6-5-8(19)7-11(12)20/h1-7,13,15H. The fourth-order valence-electron chi connectivity index (χ4n) is 2.97. The summed E-state index contributed by atoms with van der Waals surface area (Å²) in [4.78, 5) is 31.1. The third-order valence-corrected chi connectivity index (χ3v) is 4.44. The van der Waals surface area contributed by atoms with Crippen molar-refractivity contribution in [3.63, 3.8) is 0 Å². The number of carbonyl (C=O) groups excluding carboxylic acids is 2. The Morgan fingerprint density at radius 3 is 2.56 bits per heavy atom. The summed E-state index contributed by atoms with van der Waals surface area (Å²) in [5.74, 6) is -4.31. The van der Waals surface area contributed by atoms with Crippen molar-refractivity contribution in [1.82, 2.24) is 0 Å². The molecule has 2 aliphatic heterocycles. The van der Waals surface area contributed by atoms with Gasteiger partial charge in [-0.15, -0.1) is 0 Å². The van der Waals surface area contributed by atoms with E-state index in [0.717, 1.165) is 12.1 Å². The first-order valence-corrected chi connectivity index (χ1v) is 7.68. The third-order valence-electron chi connectivity index (χ3n) is 4.11. The highest BCUT2D eigenvalue weighted by Gasteiger charge is 2.56. The first-order valence-electron chi connectivity index (χ1n) is 7.30. The number of fused-ring (bicyclic) bond motifs is 1. The molecule has 2 unspecified atom stereocenters. The van der Waals surface area contributed by atoms with E-state index in [2.05, 4.69) is 5.16 Å². The number of hydrogen-bond donors (Lipinski definition) is 0. The molecule has 8 heteroatoms. The van der Waals surface area contributed by atoms with Crippen molar-refractivity contribution in [1.29, 1.82) is 0 Å². The number of benzene rings is 2. The van der Waals surface area contributed by atoms with Crippen LogP contribution < -0.4 is 4.90 Å². The quantitative estimate of drug-likeness (QED) is 0.772. The Hall–Kier alpha value is -2.80. The second-order valence-corrected chi connectivity index (χ2v) is 5.97. The Balaban J connectivity index is 1.75. The molecule has 126 valence electrons. The topological polar surface area (TPSA) is 59.0 Å². The molecule has 2 heterocycles. The number of imide groups is 1. The lowest BCUT2D eigenvalue weighted by Crippen LogP contribution is -2.34. The van der Waals surface area contributed by atoms with Gasteiger partial charge in [0.05, 0.1) is 5.69 Å². The largest absolute Gasteiger partial charge is 0.381 e. The van der Waals surface area contributed by atoms with E-state index in [9.17, 15) is 18.4 Å². The second kappa shape index (κ2) is 5.63. The first kappa shape index (κ1) is 15.7. The summed E-state index contributed by atoms with van der Waals surface area (Å²) in [7, 11) is 0. The molecule has 0 saturated carbocycles. The van der Waals surface area contributed by atoms with E-state index < -0.39 is 35.5 Å². The van der Waals surface area contributed by atoms with Crippen LogP contribution in [0, 0.1) is 17.6 Å². The van der Waals surface area contributed by atoms with Gasteiger partial charge in [0.15, 0.2) is 0 Å². The monoisotopic (exact) mass is 362 g/mol. The fourth-order valence-corrected chi connectivity index (χ4v) is 3.20. The van der Waals surface area contributed by atoms with Crippen LogP contribution in [0.3, 0.4) is 0 Å². The van der Waals surface area contributed by atoms with Crippen molar-refractivity contribution in [3.05, 3.63) is 64.7 Å². The van der Waals surface area contributed by atoms with Gasteiger partial charge in [-0.1, -0.05) is 35.0 Å². The molecule has 5 nitrogen and oxygen atoms in total. The smallest absolute Gasteiger partial charge is 0.279 e. The van der Waals surface area contributed by atoms with Gasteiger partial charge < -0.3 is 4.84 Å². The lowest BCUT2D eigenvalue weighted by Gasteiger charge is -2.16. The number of amides is 2. The molecule has 0 aliphatic carbocycles. The fraction of sp³-hybridized carbons (Fsp3) is 0.118. The van der Waals surface area contributed by atoms with Crippen LogP contribution in [-0.2, 0) is 14.4 Å². The highest BCUT2D eigenvalue weighted by molar-refractivity contribution is 6.38. The lowest BCUT2D eigenvalue weighted by atomic mass is 9.94. The molecule has 0 bridgehead atoms. The van der Waals surface area contributed by atoms with E-state index >= 15 is 0 Å². The molecule has 2 atom stereocenters. The number of rotatable bonds is 2. The first-order chi connectivity index (χ1) is 12.0. The molecule has 4 rings (SSSR count). The van der Waals surface area contributed by atoms with Gasteiger partial charge in [-0.3, -0.25) is 9.59 Å². The zero-order valence-electron chi connectivity index (χ0n) is 12.4. The van der Waals surface area contributed by atoms with Crippen LogP contribution in [-0.4, -0.2) is 23.6 Å². The maximum absolute atomic E-state index is 14.0. The van der Waals surface area contributed by atoms with Crippen molar-refractivity contribution in [2.75, 3.05) is 4.90 Å². The summed E-state index contributed by atoms with van der Waals surface area (Å²) in [6.45, 7) is 0. The summed E-state index contributed by atoms with van der Waals surface area (Å²) in [6, 6.07) is 9.28. The van der Waals surface area contributed by atoms with Gasteiger partial charge in [0.2, 0.25) is 12.0 Å². The summed E-state index contributed by atoms with van der Waals surface area (Å²) >= 11 is 6.13. The van der Waals surface area contributed by atoms with Crippen molar-refractivity contribution in [3.8, 4) is 0 Å². The molecule has 0 aromatic heterocycles. The Labute approximate surface area is 145 Å². The highest BCUT2D eigenvalue weighted by atomic mass is 35.5. The van der Waals surface area contributed by atoms with Crippen LogP contribution in [0.2, 0.25) is 5.02 Å². The minimum atomic E-state index is -1.19. The molecule has 0 radical (unpaired) electrons. The summed E-state index contributed by atoms with van der Waals surface area (Å²) in [6.07, 6.45) is -1.19. The van der Waals surface area contributed by atoms with Gasteiger partial charge in [-0.05, 0) is 18.2 Å². The number of oxime groups is 1. The van der Waals surface area contributed by atoms with E-state index in [0.29, 0.717) is 21.6 Å². The number of hydrogen-bond acceptors (Lipinski definition) is 4. The number of anilines is 1. The Kier molecular flexibility index (Phi) is 3.54. The molecule has 0 spiro atoms. The zero-order valence-corrected chi connectivity index (χ0v) is 13.2. The van der Waals surface area contributed by atoms with Crippen molar-refractivity contribution in [2.24, 2.45) is 11.1 Å². The summed E-state index contributed by atoms with van der Waals surface area (Å²) in [5.41, 5.74) is 0.339. The molecule has 2 amide bonds. The van der Waals surface area contributed by atoms with E-state index in [1.165, 1.54) is 0 Å². The molecule has 1 saturated heterocycles. The van der Waals surface area contributed by atoms with Gasteiger partial charge >= 0.3 is 0 Å². The van der Waals surface area contributed by atoms with Gasteiger partial charge in [0, 0.05) is 16.7 Å². The molecule has 1 fully saturated rings. The minimum absolute atomic E-state index is 0.207.